The van der Waals surface area contributed by atoms with Gasteiger partial charge in [-0.3, -0.25) is 4.79 Å². The lowest BCUT2D eigenvalue weighted by molar-refractivity contribution is -0.120. The third-order valence-electron chi connectivity index (χ3n) is 6.10. The Balaban J connectivity index is 1.72. The van der Waals surface area contributed by atoms with Crippen LogP contribution in [0, 0.1) is 19.8 Å². The number of anilines is 1. The Morgan fingerprint density at radius 2 is 1.77 bits per heavy atom. The number of carbonyl (C=O) groups is 1. The summed E-state index contributed by atoms with van der Waals surface area (Å²) in [6.45, 7) is 8.51. The van der Waals surface area contributed by atoms with Crippen LogP contribution in [0.25, 0.3) is 0 Å². The molecule has 0 spiro atoms. The summed E-state index contributed by atoms with van der Waals surface area (Å²) < 4.78 is 27.7. The first-order chi connectivity index (χ1) is 14.7. The Morgan fingerprint density at radius 3 is 2.35 bits per heavy atom. The molecule has 3 rings (SSSR count). The molecule has 0 aromatic heterocycles. The van der Waals surface area contributed by atoms with Crippen LogP contribution in [0.5, 0.6) is 0 Å². The van der Waals surface area contributed by atoms with E-state index in [1.807, 2.05) is 45.0 Å². The van der Waals surface area contributed by atoms with Gasteiger partial charge in [-0.15, -0.1) is 0 Å². The number of halogens is 1. The quantitative estimate of drug-likeness (QED) is 0.647. The Bertz CT molecular complexity index is 1070. The standard InChI is InChI=1S/C24H31ClN2O3S/c1-5-18-8-9-21(25)20(6-2)23(18)26-24(28)19-11-13-27(14-12-19)31(29,30)22-10-7-16(3)15-17(22)4/h7-10,15,19H,5-6,11-14H2,1-4H3,(H,26,28). The molecule has 5 nitrogen and oxygen atoms in total. The van der Waals surface area contributed by atoms with Gasteiger partial charge in [0, 0.05) is 29.7 Å². The fourth-order valence-corrected chi connectivity index (χ4v) is 6.24. The number of nitrogens with one attached hydrogen (secondary N) is 1. The van der Waals surface area contributed by atoms with E-state index in [4.69, 9.17) is 11.6 Å². The van der Waals surface area contributed by atoms with E-state index in [0.717, 1.165) is 40.8 Å². The van der Waals surface area contributed by atoms with Gasteiger partial charge in [0.15, 0.2) is 0 Å². The highest BCUT2D eigenvalue weighted by atomic mass is 35.5. The predicted octanol–water partition coefficient (Wildman–Crippen LogP) is 5.12. The summed E-state index contributed by atoms with van der Waals surface area (Å²) in [5, 5.41) is 3.76. The number of carbonyl (C=O) groups excluding carboxylic acids is 1. The molecule has 0 aliphatic carbocycles. The van der Waals surface area contributed by atoms with Gasteiger partial charge in [0.05, 0.1) is 4.90 Å². The van der Waals surface area contributed by atoms with Crippen molar-refractivity contribution in [1.82, 2.24) is 4.31 Å². The van der Waals surface area contributed by atoms with Crippen molar-refractivity contribution in [2.75, 3.05) is 18.4 Å². The maximum atomic E-state index is 13.1. The summed E-state index contributed by atoms with van der Waals surface area (Å²) in [6, 6.07) is 9.22. The fourth-order valence-electron chi connectivity index (χ4n) is 4.28. The van der Waals surface area contributed by atoms with Gasteiger partial charge in [0.2, 0.25) is 15.9 Å². The van der Waals surface area contributed by atoms with Gasteiger partial charge in [-0.2, -0.15) is 4.31 Å². The second-order valence-corrected chi connectivity index (χ2v) is 10.5. The van der Waals surface area contributed by atoms with Crippen LogP contribution in [0.2, 0.25) is 5.02 Å². The van der Waals surface area contributed by atoms with Gasteiger partial charge < -0.3 is 5.32 Å². The van der Waals surface area contributed by atoms with E-state index >= 15 is 0 Å². The summed E-state index contributed by atoms with van der Waals surface area (Å²) in [5.74, 6) is -0.283. The van der Waals surface area contributed by atoms with Gasteiger partial charge >= 0.3 is 0 Å². The zero-order chi connectivity index (χ0) is 22.8. The van der Waals surface area contributed by atoms with Crippen LogP contribution in [0.15, 0.2) is 35.2 Å². The van der Waals surface area contributed by atoms with Crippen molar-refractivity contribution in [3.05, 3.63) is 57.6 Å². The Hall–Kier alpha value is -1.89. The van der Waals surface area contributed by atoms with Crippen molar-refractivity contribution in [1.29, 1.82) is 0 Å². The van der Waals surface area contributed by atoms with Crippen LogP contribution in [-0.2, 0) is 27.7 Å². The molecule has 0 radical (unpaired) electrons. The molecule has 0 unspecified atom stereocenters. The van der Waals surface area contributed by atoms with Crippen LogP contribution in [0.3, 0.4) is 0 Å². The summed E-state index contributed by atoms with van der Waals surface area (Å²) in [5.41, 5.74) is 4.60. The molecule has 2 aromatic rings. The summed E-state index contributed by atoms with van der Waals surface area (Å²) >= 11 is 6.35. The lowest BCUT2D eigenvalue weighted by atomic mass is 9.96. The molecule has 0 saturated carbocycles. The van der Waals surface area contributed by atoms with Crippen molar-refractivity contribution < 1.29 is 13.2 Å². The van der Waals surface area contributed by atoms with E-state index in [1.165, 1.54) is 4.31 Å². The number of piperidine rings is 1. The SMILES string of the molecule is CCc1ccc(Cl)c(CC)c1NC(=O)C1CCN(S(=O)(=O)c2ccc(C)cc2C)CC1. The topological polar surface area (TPSA) is 66.5 Å². The highest BCUT2D eigenvalue weighted by Crippen LogP contribution is 2.31. The van der Waals surface area contributed by atoms with Gasteiger partial charge in [-0.25, -0.2) is 8.42 Å². The number of benzene rings is 2. The minimum absolute atomic E-state index is 0.0600. The third-order valence-corrected chi connectivity index (χ3v) is 8.51. The summed E-state index contributed by atoms with van der Waals surface area (Å²) in [7, 11) is -3.56. The number of rotatable bonds is 6. The van der Waals surface area contributed by atoms with Crippen molar-refractivity contribution in [3.63, 3.8) is 0 Å². The minimum atomic E-state index is -3.56. The lowest BCUT2D eigenvalue weighted by Crippen LogP contribution is -2.41. The molecule has 1 aliphatic rings. The monoisotopic (exact) mass is 462 g/mol. The number of aryl methyl sites for hydroxylation is 3. The maximum Gasteiger partial charge on any atom is 0.243 e. The van der Waals surface area contributed by atoms with Gasteiger partial charge in [0.25, 0.3) is 0 Å². The number of nitrogens with zero attached hydrogens (tertiary/aromatic N) is 1. The molecule has 2 aromatic carbocycles. The van der Waals surface area contributed by atoms with E-state index in [0.29, 0.717) is 35.8 Å². The predicted molar refractivity (Wildman–Crippen MR) is 126 cm³/mol. The number of hydrogen-bond donors (Lipinski definition) is 1. The summed E-state index contributed by atoms with van der Waals surface area (Å²) in [6.07, 6.45) is 2.53. The highest BCUT2D eigenvalue weighted by Gasteiger charge is 2.33. The lowest BCUT2D eigenvalue weighted by Gasteiger charge is -2.31. The van der Waals surface area contributed by atoms with Crippen molar-refractivity contribution in [2.24, 2.45) is 5.92 Å². The average molecular weight is 463 g/mol. The summed E-state index contributed by atoms with van der Waals surface area (Å²) in [4.78, 5) is 13.4. The van der Waals surface area contributed by atoms with E-state index in [2.05, 4.69) is 12.2 Å². The zero-order valence-electron chi connectivity index (χ0n) is 18.7. The normalized spacial score (nSPS) is 15.8. The van der Waals surface area contributed by atoms with Crippen molar-refractivity contribution in [2.45, 2.75) is 58.3 Å². The molecule has 1 N–H and O–H groups in total. The van der Waals surface area contributed by atoms with E-state index < -0.39 is 10.0 Å². The Labute approximate surface area is 190 Å². The maximum absolute atomic E-state index is 13.1. The molecule has 31 heavy (non-hydrogen) atoms. The van der Waals surface area contributed by atoms with Crippen LogP contribution < -0.4 is 5.32 Å². The zero-order valence-corrected chi connectivity index (χ0v) is 20.2. The van der Waals surface area contributed by atoms with Gasteiger partial charge in [-0.05, 0) is 68.4 Å². The number of amides is 1. The first kappa shape index (κ1) is 23.8. The number of hydrogen-bond acceptors (Lipinski definition) is 3. The van der Waals surface area contributed by atoms with Crippen molar-refractivity contribution >= 4 is 33.2 Å². The fraction of sp³-hybridized carbons (Fsp3) is 0.458. The molecule has 1 saturated heterocycles. The second kappa shape index (κ2) is 9.72. The molecule has 0 bridgehead atoms. The largest absolute Gasteiger partial charge is 0.325 e. The first-order valence-corrected chi connectivity index (χ1v) is 12.7. The third kappa shape index (κ3) is 4.97. The molecule has 1 heterocycles. The molecule has 1 aliphatic heterocycles. The molecule has 7 heteroatoms. The van der Waals surface area contributed by atoms with E-state index in [-0.39, 0.29) is 11.8 Å². The van der Waals surface area contributed by atoms with Crippen LogP contribution in [-0.4, -0.2) is 31.7 Å². The molecular weight excluding hydrogens is 432 g/mol. The van der Waals surface area contributed by atoms with Crippen LogP contribution in [0.1, 0.15) is 48.9 Å². The highest BCUT2D eigenvalue weighted by molar-refractivity contribution is 7.89. The second-order valence-electron chi connectivity index (χ2n) is 8.20. The molecule has 168 valence electrons. The van der Waals surface area contributed by atoms with Crippen LogP contribution >= 0.6 is 11.6 Å². The van der Waals surface area contributed by atoms with E-state index in [1.54, 1.807) is 6.07 Å². The van der Waals surface area contributed by atoms with Gasteiger partial charge in [-0.1, -0.05) is 49.2 Å². The molecular formula is C24H31ClN2O3S. The molecule has 0 atom stereocenters. The number of sulfonamides is 1. The van der Waals surface area contributed by atoms with Crippen molar-refractivity contribution in [3.8, 4) is 0 Å². The average Bonchev–Trinajstić information content (AvgIpc) is 2.74. The smallest absolute Gasteiger partial charge is 0.243 e. The first-order valence-electron chi connectivity index (χ1n) is 10.9. The molecule has 1 fully saturated rings. The Morgan fingerprint density at radius 1 is 1.10 bits per heavy atom. The Kier molecular flexibility index (Phi) is 7.45. The minimum Gasteiger partial charge on any atom is -0.325 e. The molecule has 1 amide bonds. The van der Waals surface area contributed by atoms with Crippen LogP contribution in [0.4, 0.5) is 5.69 Å². The van der Waals surface area contributed by atoms with E-state index in [9.17, 15) is 13.2 Å². The van der Waals surface area contributed by atoms with Gasteiger partial charge in [0.1, 0.15) is 0 Å².